The summed E-state index contributed by atoms with van der Waals surface area (Å²) in [7, 11) is 0. The van der Waals surface area contributed by atoms with Crippen molar-refractivity contribution in [2.24, 2.45) is 29.4 Å². The Balaban J connectivity index is 1.78. The van der Waals surface area contributed by atoms with Gasteiger partial charge in [-0.05, 0) is 48.8 Å². The predicted octanol–water partition coefficient (Wildman–Crippen LogP) is 0.669. The number of primary amides is 1. The first-order chi connectivity index (χ1) is 14.6. The summed E-state index contributed by atoms with van der Waals surface area (Å²) in [5, 5.41) is 21.5. The summed E-state index contributed by atoms with van der Waals surface area (Å²) in [6.45, 7) is 2.05. The molecule has 8 nitrogen and oxygen atoms in total. The number of phenolic OH excluding ortho intramolecular Hbond substituents is 1. The molecule has 2 unspecified atom stereocenters. The second-order valence-electron chi connectivity index (χ2n) is 8.94. The van der Waals surface area contributed by atoms with Gasteiger partial charge in [0, 0.05) is 12.3 Å². The fourth-order valence-corrected chi connectivity index (χ4v) is 5.63. The number of carbonyl (C=O) groups is 5. The van der Waals surface area contributed by atoms with Gasteiger partial charge >= 0.3 is 0 Å². The van der Waals surface area contributed by atoms with Gasteiger partial charge in [-0.2, -0.15) is 0 Å². The molecule has 0 radical (unpaired) electrons. The third-order valence-electron chi connectivity index (χ3n) is 7.18. The first kappa shape index (κ1) is 21.4. The number of hydrogen-bond acceptors (Lipinski definition) is 7. The van der Waals surface area contributed by atoms with Crippen LogP contribution < -0.4 is 5.73 Å². The molecule has 31 heavy (non-hydrogen) atoms. The topological polar surface area (TPSA) is 152 Å². The lowest BCUT2D eigenvalue weighted by atomic mass is 9.53. The normalized spacial score (nSPS) is 32.3. The van der Waals surface area contributed by atoms with Crippen LogP contribution in [0.2, 0.25) is 0 Å². The number of ketones is 4. The van der Waals surface area contributed by atoms with Gasteiger partial charge in [0.15, 0.2) is 34.7 Å². The Morgan fingerprint density at radius 2 is 1.87 bits per heavy atom. The molecule has 3 aliphatic rings. The number of phenols is 1. The summed E-state index contributed by atoms with van der Waals surface area (Å²) >= 11 is 0. The van der Waals surface area contributed by atoms with Crippen LogP contribution in [0.1, 0.15) is 54.1 Å². The van der Waals surface area contributed by atoms with Crippen LogP contribution in [-0.2, 0) is 32.0 Å². The number of unbranched alkanes of at least 4 members (excludes halogenated alkanes) is 1. The van der Waals surface area contributed by atoms with E-state index in [0.717, 1.165) is 24.8 Å². The smallest absolute Gasteiger partial charge is 0.235 e. The van der Waals surface area contributed by atoms with Gasteiger partial charge in [-0.25, -0.2) is 0 Å². The lowest BCUT2D eigenvalue weighted by Gasteiger charge is -2.48. The van der Waals surface area contributed by atoms with Crippen LogP contribution in [0.15, 0.2) is 12.1 Å². The monoisotopic (exact) mass is 427 g/mol. The molecule has 4 rings (SSSR count). The fraction of sp³-hybridized carbons (Fsp3) is 0.522. The number of Topliss-reactive ketones (excluding diaryl/α,β-unsaturated/α-hetero) is 4. The van der Waals surface area contributed by atoms with Gasteiger partial charge in [-0.1, -0.05) is 19.4 Å². The van der Waals surface area contributed by atoms with Crippen LogP contribution in [0, 0.1) is 23.7 Å². The van der Waals surface area contributed by atoms with E-state index in [0.29, 0.717) is 12.0 Å². The van der Waals surface area contributed by atoms with Crippen molar-refractivity contribution < 1.29 is 34.2 Å². The Kier molecular flexibility index (Phi) is 5.08. The summed E-state index contributed by atoms with van der Waals surface area (Å²) in [4.78, 5) is 63.5. The minimum absolute atomic E-state index is 0.0658. The Labute approximate surface area is 178 Å². The van der Waals surface area contributed by atoms with E-state index in [9.17, 15) is 34.2 Å². The van der Waals surface area contributed by atoms with E-state index in [1.165, 1.54) is 6.07 Å². The molecule has 0 spiro atoms. The standard InChI is InChI=1S/C23H25NO7/c1-2-3-4-10-5-6-14(25)17-13(10)8-11-7-12-9-15(26)18(22(24)30)21(29)23(12,31)20(28)16(11)19(17)27/h5-6,11-12,16,18,25,31H,2-4,7-9H2,1H3,(H2,24,30)/t11-,12+,16?,18?,23+/m1/s1. The second kappa shape index (κ2) is 7.37. The van der Waals surface area contributed by atoms with Crippen molar-refractivity contribution in [3.8, 4) is 5.75 Å². The van der Waals surface area contributed by atoms with Crippen LogP contribution in [0.5, 0.6) is 5.75 Å². The Hall–Kier alpha value is -2.87. The lowest BCUT2D eigenvalue weighted by Crippen LogP contribution is -2.68. The summed E-state index contributed by atoms with van der Waals surface area (Å²) in [6, 6.07) is 3.21. The maximum absolute atomic E-state index is 13.4. The molecule has 0 bridgehead atoms. The number of nitrogens with two attached hydrogens (primary N) is 1. The molecular weight excluding hydrogens is 402 g/mol. The van der Waals surface area contributed by atoms with E-state index in [-0.39, 0.29) is 24.2 Å². The van der Waals surface area contributed by atoms with E-state index in [4.69, 9.17) is 5.73 Å². The number of amides is 1. The van der Waals surface area contributed by atoms with Crippen LogP contribution >= 0.6 is 0 Å². The summed E-state index contributed by atoms with van der Waals surface area (Å²) < 4.78 is 0. The van der Waals surface area contributed by atoms with Gasteiger partial charge < -0.3 is 15.9 Å². The van der Waals surface area contributed by atoms with Crippen LogP contribution in [0.4, 0.5) is 0 Å². The van der Waals surface area contributed by atoms with Gasteiger partial charge in [0.05, 0.1) is 11.5 Å². The largest absolute Gasteiger partial charge is 0.507 e. The van der Waals surface area contributed by atoms with Crippen molar-refractivity contribution in [1.82, 2.24) is 0 Å². The molecule has 0 heterocycles. The summed E-state index contributed by atoms with van der Waals surface area (Å²) in [6.07, 6.45) is 2.70. The second-order valence-corrected chi connectivity index (χ2v) is 8.94. The molecule has 0 aliphatic heterocycles. The number of rotatable bonds is 4. The highest BCUT2D eigenvalue weighted by atomic mass is 16.3. The highest BCUT2D eigenvalue weighted by Gasteiger charge is 2.66. The number of benzene rings is 1. The van der Waals surface area contributed by atoms with Crippen molar-refractivity contribution >= 4 is 29.0 Å². The third kappa shape index (κ3) is 2.96. The minimum atomic E-state index is -2.60. The Morgan fingerprint density at radius 3 is 2.52 bits per heavy atom. The van der Waals surface area contributed by atoms with E-state index < -0.39 is 58.3 Å². The molecule has 164 valence electrons. The first-order valence-corrected chi connectivity index (χ1v) is 10.6. The maximum atomic E-state index is 13.4. The minimum Gasteiger partial charge on any atom is -0.507 e. The Bertz CT molecular complexity index is 1030. The number of aliphatic hydroxyl groups is 1. The van der Waals surface area contributed by atoms with Crippen molar-refractivity contribution in [3.05, 3.63) is 28.8 Å². The van der Waals surface area contributed by atoms with E-state index in [2.05, 4.69) is 0 Å². The maximum Gasteiger partial charge on any atom is 0.235 e. The van der Waals surface area contributed by atoms with Gasteiger partial charge in [-0.3, -0.25) is 24.0 Å². The molecule has 3 aliphatic carbocycles. The molecule has 5 atom stereocenters. The van der Waals surface area contributed by atoms with E-state index >= 15 is 0 Å². The summed E-state index contributed by atoms with van der Waals surface area (Å²) in [5.74, 6) is -9.70. The van der Waals surface area contributed by atoms with E-state index in [1.54, 1.807) is 6.07 Å². The summed E-state index contributed by atoms with van der Waals surface area (Å²) in [5.41, 5.74) is 4.26. The fourth-order valence-electron chi connectivity index (χ4n) is 5.63. The number of hydrogen-bond donors (Lipinski definition) is 3. The van der Waals surface area contributed by atoms with Crippen LogP contribution in [-0.4, -0.2) is 44.9 Å². The SMILES string of the molecule is CCCCc1ccc(O)c2c1C[C@H]1C[C@H]3CC(=O)C(C(N)=O)C(=O)[C@@]3(O)C(=O)C1C2=O. The number of fused-ring (bicyclic) bond motifs is 3. The molecule has 2 saturated carbocycles. The quantitative estimate of drug-likeness (QED) is 0.597. The number of aromatic hydroxyl groups is 1. The van der Waals surface area contributed by atoms with Gasteiger partial charge in [0.2, 0.25) is 5.91 Å². The third-order valence-corrected chi connectivity index (χ3v) is 7.18. The number of carbonyl (C=O) groups excluding carboxylic acids is 5. The zero-order valence-electron chi connectivity index (χ0n) is 17.2. The van der Waals surface area contributed by atoms with Crippen molar-refractivity contribution in [2.45, 2.75) is 51.0 Å². The van der Waals surface area contributed by atoms with Gasteiger partial charge in [0.1, 0.15) is 5.75 Å². The number of aryl methyl sites for hydroxylation is 1. The molecule has 4 N–H and O–H groups in total. The Morgan fingerprint density at radius 1 is 1.16 bits per heavy atom. The zero-order chi connectivity index (χ0) is 22.7. The average molecular weight is 427 g/mol. The van der Waals surface area contributed by atoms with Gasteiger partial charge in [-0.15, -0.1) is 0 Å². The molecule has 1 amide bonds. The van der Waals surface area contributed by atoms with Gasteiger partial charge in [0.25, 0.3) is 0 Å². The van der Waals surface area contributed by atoms with Crippen LogP contribution in [0.25, 0.3) is 0 Å². The molecule has 8 heteroatoms. The van der Waals surface area contributed by atoms with Crippen molar-refractivity contribution in [3.63, 3.8) is 0 Å². The molecular formula is C23H25NO7. The lowest BCUT2D eigenvalue weighted by molar-refractivity contribution is -0.175. The average Bonchev–Trinajstić information content (AvgIpc) is 2.70. The zero-order valence-corrected chi connectivity index (χ0v) is 17.2. The molecule has 0 aromatic heterocycles. The van der Waals surface area contributed by atoms with Crippen molar-refractivity contribution in [2.75, 3.05) is 0 Å². The van der Waals surface area contributed by atoms with Crippen LogP contribution in [0.3, 0.4) is 0 Å². The molecule has 1 aromatic carbocycles. The molecule has 2 fully saturated rings. The van der Waals surface area contributed by atoms with E-state index in [1.807, 2.05) is 6.92 Å². The molecule has 1 aromatic rings. The first-order valence-electron chi connectivity index (χ1n) is 10.6. The highest BCUT2D eigenvalue weighted by molar-refractivity contribution is 6.31. The van der Waals surface area contributed by atoms with Crippen molar-refractivity contribution in [1.29, 1.82) is 0 Å². The molecule has 0 saturated heterocycles. The predicted molar refractivity (Wildman–Crippen MR) is 107 cm³/mol. The highest BCUT2D eigenvalue weighted by Crippen LogP contribution is 2.50.